The van der Waals surface area contributed by atoms with Crippen molar-refractivity contribution in [3.63, 3.8) is 0 Å². The van der Waals surface area contributed by atoms with E-state index in [0.717, 1.165) is 48.2 Å². The average Bonchev–Trinajstić information content (AvgIpc) is 3.22. The van der Waals surface area contributed by atoms with Crippen LogP contribution in [0.1, 0.15) is 51.1 Å². The number of likely N-dealkylation sites (tertiary alicyclic amines) is 1. The van der Waals surface area contributed by atoms with E-state index >= 15 is 0 Å². The Bertz CT molecular complexity index is 1150. The second-order valence-corrected chi connectivity index (χ2v) is 10.2. The zero-order valence-electron chi connectivity index (χ0n) is 21.2. The number of fused-ring (bicyclic) bond motifs is 1. The molecule has 0 radical (unpaired) electrons. The Balaban J connectivity index is 1.45. The summed E-state index contributed by atoms with van der Waals surface area (Å²) in [7, 11) is 0. The van der Waals surface area contributed by atoms with E-state index in [2.05, 4.69) is 18.7 Å². The molecule has 2 atom stereocenters. The number of furan rings is 1. The smallest absolute Gasteiger partial charge is 0.290 e. The summed E-state index contributed by atoms with van der Waals surface area (Å²) >= 11 is 0. The Morgan fingerprint density at radius 2 is 1.69 bits per heavy atom. The molecule has 0 N–H and O–H groups in total. The van der Waals surface area contributed by atoms with Crippen molar-refractivity contribution >= 4 is 16.9 Å². The molecule has 2 fully saturated rings. The Morgan fingerprint density at radius 3 is 2.34 bits per heavy atom. The molecule has 0 unspecified atom stereocenters. The predicted octanol–water partition coefficient (Wildman–Crippen LogP) is 5.60. The molecule has 6 nitrogen and oxygen atoms in total. The summed E-state index contributed by atoms with van der Waals surface area (Å²) in [5.41, 5.74) is 2.49. The van der Waals surface area contributed by atoms with Crippen molar-refractivity contribution < 1.29 is 18.7 Å². The molecular formula is C29H36N2O4. The molecule has 35 heavy (non-hydrogen) atoms. The van der Waals surface area contributed by atoms with Crippen LogP contribution in [0.25, 0.3) is 22.1 Å². The third-order valence-electron chi connectivity index (χ3n) is 7.13. The molecule has 1 aromatic heterocycles. The third kappa shape index (κ3) is 5.09. The number of amides is 1. The third-order valence-corrected chi connectivity index (χ3v) is 7.13. The maximum atomic E-state index is 13.7. The van der Waals surface area contributed by atoms with Crippen molar-refractivity contribution in [3.8, 4) is 16.9 Å². The summed E-state index contributed by atoms with van der Waals surface area (Å²) in [6.07, 6.45) is 2.22. The van der Waals surface area contributed by atoms with E-state index in [0.29, 0.717) is 30.5 Å². The molecule has 2 saturated heterocycles. The number of benzene rings is 2. The quantitative estimate of drug-likeness (QED) is 0.480. The van der Waals surface area contributed by atoms with Gasteiger partial charge in [0, 0.05) is 49.2 Å². The topological polar surface area (TPSA) is 55.2 Å². The number of morpholine rings is 1. The Morgan fingerprint density at radius 1 is 1.00 bits per heavy atom. The monoisotopic (exact) mass is 476 g/mol. The maximum Gasteiger partial charge on any atom is 0.290 e. The Labute approximate surface area is 207 Å². The van der Waals surface area contributed by atoms with Crippen molar-refractivity contribution in [2.24, 2.45) is 0 Å². The van der Waals surface area contributed by atoms with Gasteiger partial charge in [-0.15, -0.1) is 0 Å². The largest absolute Gasteiger partial charge is 0.490 e. The van der Waals surface area contributed by atoms with Crippen LogP contribution in [0.15, 0.2) is 52.9 Å². The second kappa shape index (κ2) is 10.0. The lowest BCUT2D eigenvalue weighted by Gasteiger charge is -2.35. The fraction of sp³-hybridized carbons (Fsp3) is 0.483. The zero-order valence-corrected chi connectivity index (χ0v) is 21.2. The zero-order chi connectivity index (χ0) is 24.5. The van der Waals surface area contributed by atoms with Gasteiger partial charge in [-0.1, -0.05) is 30.3 Å². The van der Waals surface area contributed by atoms with Crippen molar-refractivity contribution in [3.05, 3.63) is 54.3 Å². The molecule has 2 aliphatic heterocycles. The SMILES string of the molecule is CC(C)N1CCC(Oc2ccc3c(-c4ccccc4)c(C(=O)N4C[C@@H](C)O[C@@H](C)C4)oc3c2)CC1. The minimum Gasteiger partial charge on any atom is -0.490 e. The number of rotatable bonds is 5. The minimum absolute atomic E-state index is 0.00521. The first-order chi connectivity index (χ1) is 16.9. The van der Waals surface area contributed by atoms with Crippen molar-refractivity contribution in [2.45, 2.75) is 64.9 Å². The molecule has 186 valence electrons. The van der Waals surface area contributed by atoms with Crippen molar-refractivity contribution in [2.75, 3.05) is 26.2 Å². The summed E-state index contributed by atoms with van der Waals surface area (Å²) in [5, 5.41) is 0.927. The lowest BCUT2D eigenvalue weighted by atomic mass is 10.0. The first-order valence-electron chi connectivity index (χ1n) is 12.9. The average molecular weight is 477 g/mol. The molecular weight excluding hydrogens is 440 g/mol. The van der Waals surface area contributed by atoms with E-state index in [1.165, 1.54) is 0 Å². The van der Waals surface area contributed by atoms with E-state index in [4.69, 9.17) is 13.9 Å². The van der Waals surface area contributed by atoms with Crippen LogP contribution in [0.5, 0.6) is 5.75 Å². The van der Waals surface area contributed by atoms with Crippen LogP contribution in [0, 0.1) is 0 Å². The lowest BCUT2D eigenvalue weighted by Crippen LogP contribution is -2.48. The number of hydrogen-bond donors (Lipinski definition) is 0. The summed E-state index contributed by atoms with van der Waals surface area (Å²) in [6.45, 7) is 11.7. The van der Waals surface area contributed by atoms with E-state index in [-0.39, 0.29) is 24.2 Å². The summed E-state index contributed by atoms with van der Waals surface area (Å²) < 4.78 is 18.5. The fourth-order valence-corrected chi connectivity index (χ4v) is 5.38. The minimum atomic E-state index is -0.0921. The van der Waals surface area contributed by atoms with Gasteiger partial charge in [0.05, 0.1) is 12.2 Å². The highest BCUT2D eigenvalue weighted by Gasteiger charge is 2.31. The van der Waals surface area contributed by atoms with Gasteiger partial charge in [0.25, 0.3) is 5.91 Å². The van der Waals surface area contributed by atoms with Gasteiger partial charge in [-0.2, -0.15) is 0 Å². The standard InChI is InChI=1S/C29H36N2O4/c1-19(2)30-14-12-23(13-15-30)34-24-10-11-25-26(16-24)35-28(27(25)22-8-6-5-7-9-22)29(32)31-17-20(3)33-21(4)18-31/h5-11,16,19-21,23H,12-15,17-18H2,1-4H3/t20-,21+. The first kappa shape index (κ1) is 23.9. The molecule has 0 saturated carbocycles. The van der Waals surface area contributed by atoms with E-state index < -0.39 is 0 Å². The normalized spacial score (nSPS) is 22.1. The van der Waals surface area contributed by atoms with E-state index in [1.807, 2.05) is 67.3 Å². The van der Waals surface area contributed by atoms with Gasteiger partial charge >= 0.3 is 0 Å². The van der Waals surface area contributed by atoms with Gasteiger partial charge < -0.3 is 23.7 Å². The van der Waals surface area contributed by atoms with Crippen LogP contribution < -0.4 is 4.74 Å². The molecule has 2 aliphatic rings. The summed E-state index contributed by atoms with van der Waals surface area (Å²) in [6, 6.07) is 16.6. The number of piperidine rings is 1. The van der Waals surface area contributed by atoms with Gasteiger partial charge in [-0.05, 0) is 58.2 Å². The fourth-order valence-electron chi connectivity index (χ4n) is 5.38. The van der Waals surface area contributed by atoms with Gasteiger partial charge in [0.2, 0.25) is 5.76 Å². The van der Waals surface area contributed by atoms with Crippen LogP contribution >= 0.6 is 0 Å². The highest BCUT2D eigenvalue weighted by atomic mass is 16.5. The predicted molar refractivity (Wildman–Crippen MR) is 138 cm³/mol. The summed E-state index contributed by atoms with van der Waals surface area (Å²) in [5.74, 6) is 1.09. The molecule has 6 heteroatoms. The highest BCUT2D eigenvalue weighted by molar-refractivity contribution is 6.08. The van der Waals surface area contributed by atoms with Gasteiger partial charge in [0.1, 0.15) is 17.4 Å². The molecule has 0 aliphatic carbocycles. The number of nitrogens with zero attached hydrogens (tertiary/aromatic N) is 2. The highest BCUT2D eigenvalue weighted by Crippen LogP contribution is 2.38. The van der Waals surface area contributed by atoms with Gasteiger partial charge in [0.15, 0.2) is 0 Å². The maximum absolute atomic E-state index is 13.7. The second-order valence-electron chi connectivity index (χ2n) is 10.2. The van der Waals surface area contributed by atoms with Crippen LogP contribution in [-0.4, -0.2) is 66.2 Å². The van der Waals surface area contributed by atoms with Gasteiger partial charge in [-0.25, -0.2) is 0 Å². The molecule has 1 amide bonds. The summed E-state index contributed by atoms with van der Waals surface area (Å²) in [4.78, 5) is 18.0. The molecule has 3 heterocycles. The van der Waals surface area contributed by atoms with E-state index in [1.54, 1.807) is 0 Å². The Kier molecular flexibility index (Phi) is 6.85. The lowest BCUT2D eigenvalue weighted by molar-refractivity contribution is -0.0591. The first-order valence-corrected chi connectivity index (χ1v) is 12.9. The molecule has 0 bridgehead atoms. The van der Waals surface area contributed by atoms with Crippen LogP contribution in [-0.2, 0) is 4.74 Å². The molecule has 5 rings (SSSR count). The molecule has 3 aromatic rings. The number of carbonyl (C=O) groups is 1. The molecule has 0 spiro atoms. The van der Waals surface area contributed by atoms with Crippen molar-refractivity contribution in [1.29, 1.82) is 0 Å². The Hall–Kier alpha value is -2.83. The number of hydrogen-bond acceptors (Lipinski definition) is 5. The number of ether oxygens (including phenoxy) is 2. The number of carbonyl (C=O) groups excluding carboxylic acids is 1. The van der Waals surface area contributed by atoms with Crippen molar-refractivity contribution in [1.82, 2.24) is 9.80 Å². The van der Waals surface area contributed by atoms with Gasteiger partial charge in [-0.3, -0.25) is 4.79 Å². The van der Waals surface area contributed by atoms with E-state index in [9.17, 15) is 4.79 Å². The van der Waals surface area contributed by atoms with Crippen LogP contribution in [0.2, 0.25) is 0 Å². The van der Waals surface area contributed by atoms with Crippen LogP contribution in [0.3, 0.4) is 0 Å². The molecule has 2 aromatic carbocycles. The van der Waals surface area contributed by atoms with Crippen LogP contribution in [0.4, 0.5) is 0 Å².